The first-order valence-electron chi connectivity index (χ1n) is 14.8. The second-order valence-corrected chi connectivity index (χ2v) is 14.4. The zero-order chi connectivity index (χ0) is 31.7. The summed E-state index contributed by atoms with van der Waals surface area (Å²) in [6.45, 7) is 12.2. The average molecular weight is 643 g/mol. The first-order chi connectivity index (χ1) is 20.8. The van der Waals surface area contributed by atoms with Crippen molar-refractivity contribution in [3.05, 3.63) is 36.4 Å². The third-order valence-corrected chi connectivity index (χ3v) is 8.20. The van der Waals surface area contributed by atoms with E-state index in [4.69, 9.17) is 9.47 Å². The molecule has 0 aliphatic heterocycles. The quantitative estimate of drug-likeness (QED) is 0.117. The molecule has 4 N–H and O–H groups in total. The van der Waals surface area contributed by atoms with Gasteiger partial charge in [0.25, 0.3) is 0 Å². The highest BCUT2D eigenvalue weighted by atomic mass is 32.1. The van der Waals surface area contributed by atoms with E-state index in [-0.39, 0.29) is 0 Å². The van der Waals surface area contributed by atoms with Gasteiger partial charge in [0.15, 0.2) is 10.0 Å². The minimum atomic E-state index is -0.497. The smallest absolute Gasteiger partial charge is 0.407 e. The molecule has 0 unspecified atom stereocenters. The predicted octanol–water partition coefficient (Wildman–Crippen LogP) is 6.74. The molecule has 0 saturated carbocycles. The highest BCUT2D eigenvalue weighted by molar-refractivity contribution is 7.24. The van der Waals surface area contributed by atoms with Gasteiger partial charge in [0.1, 0.15) is 22.9 Å². The number of hydrogen-bond acceptors (Lipinski definition) is 10. The van der Waals surface area contributed by atoms with Crippen LogP contribution in [0.5, 0.6) is 0 Å². The Kier molecular flexibility index (Phi) is 11.1. The van der Waals surface area contributed by atoms with Gasteiger partial charge in [-0.25, -0.2) is 29.5 Å². The van der Waals surface area contributed by atoms with Crippen molar-refractivity contribution in [3.8, 4) is 31.2 Å². The van der Waals surface area contributed by atoms with E-state index in [1.807, 2.05) is 66.3 Å². The summed E-state index contributed by atoms with van der Waals surface area (Å²) in [7, 11) is 0. The Labute approximate surface area is 265 Å². The van der Waals surface area contributed by atoms with E-state index in [1.54, 1.807) is 22.7 Å². The average Bonchev–Trinajstić information content (AvgIpc) is 3.72. The molecular weight excluding hydrogens is 601 g/mol. The molecule has 0 atom stereocenters. The number of hydrogen-bond donors (Lipinski definition) is 4. The molecule has 4 aromatic heterocycles. The van der Waals surface area contributed by atoms with Crippen molar-refractivity contribution in [2.75, 3.05) is 13.1 Å². The molecule has 0 radical (unpaired) electrons. The van der Waals surface area contributed by atoms with Crippen molar-refractivity contribution in [1.29, 1.82) is 0 Å². The Balaban J connectivity index is 1.21. The van der Waals surface area contributed by atoms with E-state index in [9.17, 15) is 9.59 Å². The largest absolute Gasteiger partial charge is 0.444 e. The van der Waals surface area contributed by atoms with Gasteiger partial charge in [-0.3, -0.25) is 0 Å². The van der Waals surface area contributed by atoms with Crippen molar-refractivity contribution in [1.82, 2.24) is 40.5 Å². The van der Waals surface area contributed by atoms with Gasteiger partial charge in [-0.05, 0) is 67.2 Å². The molecular formula is C30H42N8O4S2. The number of imidazole rings is 2. The summed E-state index contributed by atoms with van der Waals surface area (Å²) < 4.78 is 10.5. The van der Waals surface area contributed by atoms with E-state index in [0.29, 0.717) is 13.1 Å². The van der Waals surface area contributed by atoms with Gasteiger partial charge in [-0.1, -0.05) is 0 Å². The van der Waals surface area contributed by atoms with Crippen LogP contribution in [0.3, 0.4) is 0 Å². The van der Waals surface area contributed by atoms with Crippen molar-refractivity contribution in [3.63, 3.8) is 0 Å². The number of amides is 2. The Morgan fingerprint density at radius 2 is 1.07 bits per heavy atom. The van der Waals surface area contributed by atoms with Crippen molar-refractivity contribution >= 4 is 34.9 Å². The lowest BCUT2D eigenvalue weighted by Gasteiger charge is -2.19. The van der Waals surface area contributed by atoms with Crippen LogP contribution in [0.1, 0.15) is 78.9 Å². The lowest BCUT2D eigenvalue weighted by atomic mass is 10.2. The number of aromatic nitrogens is 6. The standard InChI is InChI=1S/C30H42N8O4S2/c1-29(2,3)41-27(39)31-13-9-7-11-23-33-15-19(37-23)21-17-35-25(43-21)26-36-18-22(44-26)20-16-34-24(38-20)12-8-10-14-32-28(40)42-30(4,5)6/h15-18H,7-14H2,1-6H3,(H,31,39)(H,32,40)(H,33,37)(H,34,38). The van der Waals surface area contributed by atoms with Crippen LogP contribution in [0, 0.1) is 0 Å². The van der Waals surface area contributed by atoms with Crippen molar-refractivity contribution in [2.45, 2.75) is 91.3 Å². The molecule has 238 valence electrons. The number of unbranched alkanes of at least 4 members (excludes halogenated alkanes) is 2. The fourth-order valence-corrected chi connectivity index (χ4v) is 5.86. The van der Waals surface area contributed by atoms with Crippen molar-refractivity contribution in [2.24, 2.45) is 0 Å². The Bertz CT molecular complexity index is 1400. The Morgan fingerprint density at radius 1 is 0.659 bits per heavy atom. The monoisotopic (exact) mass is 642 g/mol. The summed E-state index contributed by atoms with van der Waals surface area (Å²) in [5.74, 6) is 1.80. The lowest BCUT2D eigenvalue weighted by Crippen LogP contribution is -2.33. The number of thiazole rings is 2. The van der Waals surface area contributed by atoms with Crippen LogP contribution in [0.4, 0.5) is 9.59 Å². The summed E-state index contributed by atoms with van der Waals surface area (Å²) in [6, 6.07) is 0. The minimum Gasteiger partial charge on any atom is -0.444 e. The van der Waals surface area contributed by atoms with Gasteiger partial charge in [0.2, 0.25) is 0 Å². The summed E-state index contributed by atoms with van der Waals surface area (Å²) in [6.07, 6.45) is 11.6. The molecule has 44 heavy (non-hydrogen) atoms. The summed E-state index contributed by atoms with van der Waals surface area (Å²) in [5.41, 5.74) is 0.852. The minimum absolute atomic E-state index is 0.390. The number of rotatable bonds is 13. The van der Waals surface area contributed by atoms with Crippen LogP contribution < -0.4 is 10.6 Å². The van der Waals surface area contributed by atoms with E-state index in [2.05, 4.69) is 40.5 Å². The van der Waals surface area contributed by atoms with E-state index < -0.39 is 23.4 Å². The fraction of sp³-hybridized carbons (Fsp3) is 0.533. The molecule has 12 nitrogen and oxygen atoms in total. The molecule has 4 heterocycles. The molecule has 0 aromatic carbocycles. The van der Waals surface area contributed by atoms with Gasteiger partial charge in [0.05, 0.1) is 33.5 Å². The number of alkyl carbamates (subject to hydrolysis) is 2. The van der Waals surface area contributed by atoms with E-state index in [1.165, 1.54) is 0 Å². The second kappa shape index (κ2) is 14.8. The number of aromatic amines is 2. The molecule has 0 spiro atoms. The van der Waals surface area contributed by atoms with Crippen LogP contribution in [0.25, 0.3) is 31.2 Å². The zero-order valence-electron chi connectivity index (χ0n) is 26.2. The van der Waals surface area contributed by atoms with E-state index >= 15 is 0 Å². The maximum atomic E-state index is 11.8. The normalized spacial score (nSPS) is 11.9. The molecule has 4 aromatic rings. The van der Waals surface area contributed by atoms with Gasteiger partial charge in [-0.15, -0.1) is 22.7 Å². The number of ether oxygens (including phenoxy) is 2. The first-order valence-corrected chi connectivity index (χ1v) is 16.4. The summed E-state index contributed by atoms with van der Waals surface area (Å²) >= 11 is 3.13. The van der Waals surface area contributed by atoms with Gasteiger partial charge in [-0.2, -0.15) is 0 Å². The number of carbonyl (C=O) groups is 2. The molecule has 0 bridgehead atoms. The van der Waals surface area contributed by atoms with Crippen molar-refractivity contribution < 1.29 is 19.1 Å². The van der Waals surface area contributed by atoms with Crippen LogP contribution in [-0.4, -0.2) is 66.4 Å². The third kappa shape index (κ3) is 10.7. The Hall–Kier alpha value is -3.78. The highest BCUT2D eigenvalue weighted by Crippen LogP contribution is 2.36. The fourth-order valence-electron chi connectivity index (χ4n) is 4.07. The predicted molar refractivity (Wildman–Crippen MR) is 173 cm³/mol. The molecule has 0 aliphatic carbocycles. The molecule has 14 heteroatoms. The summed E-state index contributed by atoms with van der Waals surface area (Å²) in [4.78, 5) is 50.5. The van der Waals surface area contributed by atoms with Crippen LogP contribution >= 0.6 is 22.7 Å². The van der Waals surface area contributed by atoms with E-state index in [0.717, 1.165) is 81.3 Å². The molecule has 2 amide bonds. The topological polar surface area (TPSA) is 160 Å². The Morgan fingerprint density at radius 3 is 1.45 bits per heavy atom. The highest BCUT2D eigenvalue weighted by Gasteiger charge is 2.17. The molecule has 4 rings (SSSR count). The number of nitrogens with zero attached hydrogens (tertiary/aromatic N) is 4. The molecule has 0 saturated heterocycles. The lowest BCUT2D eigenvalue weighted by molar-refractivity contribution is 0.0515. The molecule has 0 aliphatic rings. The zero-order valence-corrected chi connectivity index (χ0v) is 27.8. The number of aryl methyl sites for hydroxylation is 2. The maximum absolute atomic E-state index is 11.8. The van der Waals surface area contributed by atoms with Crippen LogP contribution in [0.2, 0.25) is 0 Å². The van der Waals surface area contributed by atoms with Crippen LogP contribution in [-0.2, 0) is 22.3 Å². The molecule has 0 fully saturated rings. The van der Waals surface area contributed by atoms with Gasteiger partial charge < -0.3 is 30.1 Å². The third-order valence-electron chi connectivity index (χ3n) is 6.00. The summed E-state index contributed by atoms with van der Waals surface area (Å²) in [5, 5.41) is 7.26. The number of H-pyrrole nitrogens is 2. The van der Waals surface area contributed by atoms with Gasteiger partial charge >= 0.3 is 12.2 Å². The number of carbonyl (C=O) groups excluding carboxylic acids is 2. The maximum Gasteiger partial charge on any atom is 0.407 e. The van der Waals surface area contributed by atoms with Crippen LogP contribution in [0.15, 0.2) is 24.8 Å². The van der Waals surface area contributed by atoms with Gasteiger partial charge in [0, 0.05) is 38.3 Å². The number of nitrogens with one attached hydrogen (secondary N) is 4. The first kappa shape index (κ1) is 33.1. The second-order valence-electron chi connectivity index (χ2n) is 12.3. The SMILES string of the molecule is CC(C)(C)OC(=O)NCCCCc1ncc(-c2cnc(-c3ncc(-c4cnc(CCCCNC(=O)OC(C)(C)C)[nH]4)s3)s2)[nH]1.